The summed E-state index contributed by atoms with van der Waals surface area (Å²) in [6.07, 6.45) is 2.92. The van der Waals surface area contributed by atoms with Gasteiger partial charge in [0.1, 0.15) is 0 Å². The highest BCUT2D eigenvalue weighted by Gasteiger charge is 2.07. The van der Waals surface area contributed by atoms with Crippen LogP contribution in [0.2, 0.25) is 0 Å². The standard InChI is InChI=1S/C18H27N3O/c1-16-5-7-18(8-6-16)15-20(11-4-14-22-3)12-13-21-17(2)9-10-19-21/h5-10H,4,11-15H2,1-3H3. The SMILES string of the molecule is COCCCN(CCn1nccc1C)Cc1ccc(C)cc1. The van der Waals surface area contributed by atoms with Gasteiger partial charge in [-0.1, -0.05) is 29.8 Å². The Morgan fingerprint density at radius 2 is 1.86 bits per heavy atom. The number of rotatable bonds is 9. The Kier molecular flexibility index (Phi) is 6.62. The number of hydrogen-bond donors (Lipinski definition) is 0. The second-order valence-corrected chi connectivity index (χ2v) is 5.80. The first-order valence-corrected chi connectivity index (χ1v) is 7.94. The van der Waals surface area contributed by atoms with Crippen molar-refractivity contribution in [1.29, 1.82) is 0 Å². The van der Waals surface area contributed by atoms with Crippen LogP contribution in [0.4, 0.5) is 0 Å². The van der Waals surface area contributed by atoms with E-state index in [0.29, 0.717) is 0 Å². The molecule has 1 aromatic heterocycles. The number of methoxy groups -OCH3 is 1. The van der Waals surface area contributed by atoms with Crippen LogP contribution < -0.4 is 0 Å². The maximum absolute atomic E-state index is 5.18. The molecule has 0 spiro atoms. The number of aromatic nitrogens is 2. The van der Waals surface area contributed by atoms with Gasteiger partial charge in [0.15, 0.2) is 0 Å². The van der Waals surface area contributed by atoms with E-state index in [1.807, 2.05) is 6.20 Å². The average molecular weight is 301 g/mol. The lowest BCUT2D eigenvalue weighted by Crippen LogP contribution is -2.29. The lowest BCUT2D eigenvalue weighted by molar-refractivity contribution is 0.166. The van der Waals surface area contributed by atoms with Crippen LogP contribution in [0.25, 0.3) is 0 Å². The molecule has 4 nitrogen and oxygen atoms in total. The summed E-state index contributed by atoms with van der Waals surface area (Å²) in [6, 6.07) is 10.9. The Hall–Kier alpha value is -1.65. The van der Waals surface area contributed by atoms with E-state index in [0.717, 1.165) is 39.2 Å². The molecule has 0 bridgehead atoms. The highest BCUT2D eigenvalue weighted by Crippen LogP contribution is 2.08. The van der Waals surface area contributed by atoms with Crippen LogP contribution in [-0.2, 0) is 17.8 Å². The quantitative estimate of drug-likeness (QED) is 0.667. The van der Waals surface area contributed by atoms with Crippen LogP contribution >= 0.6 is 0 Å². The number of ether oxygens (including phenoxy) is 1. The molecule has 0 amide bonds. The van der Waals surface area contributed by atoms with Crippen molar-refractivity contribution >= 4 is 0 Å². The normalized spacial score (nSPS) is 11.3. The van der Waals surface area contributed by atoms with Gasteiger partial charge in [-0.15, -0.1) is 0 Å². The molecule has 0 radical (unpaired) electrons. The lowest BCUT2D eigenvalue weighted by Gasteiger charge is -2.22. The minimum Gasteiger partial charge on any atom is -0.385 e. The van der Waals surface area contributed by atoms with E-state index in [4.69, 9.17) is 4.74 Å². The summed E-state index contributed by atoms with van der Waals surface area (Å²) >= 11 is 0. The van der Waals surface area contributed by atoms with E-state index < -0.39 is 0 Å². The molecule has 0 atom stereocenters. The zero-order chi connectivity index (χ0) is 15.8. The topological polar surface area (TPSA) is 30.3 Å². The van der Waals surface area contributed by atoms with Gasteiger partial charge in [0.2, 0.25) is 0 Å². The van der Waals surface area contributed by atoms with E-state index in [1.165, 1.54) is 16.8 Å². The fraction of sp³-hybridized carbons (Fsp3) is 0.500. The fourth-order valence-electron chi connectivity index (χ4n) is 2.52. The predicted octanol–water partition coefficient (Wildman–Crippen LogP) is 3.04. The molecule has 22 heavy (non-hydrogen) atoms. The Bertz CT molecular complexity index is 548. The third kappa shape index (κ3) is 5.28. The second-order valence-electron chi connectivity index (χ2n) is 5.80. The van der Waals surface area contributed by atoms with Crippen molar-refractivity contribution in [1.82, 2.24) is 14.7 Å². The minimum atomic E-state index is 0.811. The van der Waals surface area contributed by atoms with Gasteiger partial charge in [-0.3, -0.25) is 9.58 Å². The Balaban J connectivity index is 1.92. The summed E-state index contributed by atoms with van der Waals surface area (Å²) < 4.78 is 7.25. The number of benzene rings is 1. The molecule has 2 rings (SSSR count). The molecule has 120 valence electrons. The van der Waals surface area contributed by atoms with Crippen molar-refractivity contribution in [2.75, 3.05) is 26.8 Å². The van der Waals surface area contributed by atoms with Gasteiger partial charge in [0, 0.05) is 45.2 Å². The molecule has 0 aliphatic carbocycles. The summed E-state index contributed by atoms with van der Waals surface area (Å²) in [6.45, 7) is 8.98. The van der Waals surface area contributed by atoms with Gasteiger partial charge < -0.3 is 4.74 Å². The lowest BCUT2D eigenvalue weighted by atomic mass is 10.1. The van der Waals surface area contributed by atoms with E-state index in [1.54, 1.807) is 7.11 Å². The zero-order valence-electron chi connectivity index (χ0n) is 14.0. The van der Waals surface area contributed by atoms with E-state index in [9.17, 15) is 0 Å². The summed E-state index contributed by atoms with van der Waals surface area (Å²) in [5.74, 6) is 0. The second kappa shape index (κ2) is 8.71. The average Bonchev–Trinajstić information content (AvgIpc) is 2.92. The predicted molar refractivity (Wildman–Crippen MR) is 89.9 cm³/mol. The summed E-state index contributed by atoms with van der Waals surface area (Å²) in [5, 5.41) is 4.37. The summed E-state index contributed by atoms with van der Waals surface area (Å²) in [5.41, 5.74) is 3.88. The van der Waals surface area contributed by atoms with Crippen LogP contribution in [-0.4, -0.2) is 41.5 Å². The molecule has 1 aromatic carbocycles. The molecular weight excluding hydrogens is 274 g/mol. The van der Waals surface area contributed by atoms with Crippen molar-refractivity contribution in [3.63, 3.8) is 0 Å². The van der Waals surface area contributed by atoms with Gasteiger partial charge in [0.05, 0.1) is 6.54 Å². The molecule has 0 N–H and O–H groups in total. The maximum atomic E-state index is 5.18. The van der Waals surface area contributed by atoms with Crippen molar-refractivity contribution < 1.29 is 4.74 Å². The third-order valence-corrected chi connectivity index (χ3v) is 3.91. The largest absolute Gasteiger partial charge is 0.385 e. The maximum Gasteiger partial charge on any atom is 0.0539 e. The van der Waals surface area contributed by atoms with Crippen LogP contribution in [0.3, 0.4) is 0 Å². The molecule has 0 unspecified atom stereocenters. The van der Waals surface area contributed by atoms with Crippen LogP contribution in [0.15, 0.2) is 36.5 Å². The molecule has 2 aromatic rings. The smallest absolute Gasteiger partial charge is 0.0539 e. The first kappa shape index (κ1) is 16.7. The zero-order valence-corrected chi connectivity index (χ0v) is 14.0. The first-order valence-electron chi connectivity index (χ1n) is 7.94. The van der Waals surface area contributed by atoms with Gasteiger partial charge in [-0.05, 0) is 31.9 Å². The summed E-state index contributed by atoms with van der Waals surface area (Å²) in [4.78, 5) is 2.48. The molecule has 0 saturated heterocycles. The van der Waals surface area contributed by atoms with E-state index in [-0.39, 0.29) is 0 Å². The minimum absolute atomic E-state index is 0.811. The summed E-state index contributed by atoms with van der Waals surface area (Å²) in [7, 11) is 1.76. The highest BCUT2D eigenvalue weighted by molar-refractivity contribution is 5.21. The van der Waals surface area contributed by atoms with Crippen molar-refractivity contribution in [3.05, 3.63) is 53.3 Å². The number of hydrogen-bond acceptors (Lipinski definition) is 3. The van der Waals surface area contributed by atoms with Crippen molar-refractivity contribution in [3.8, 4) is 0 Å². The van der Waals surface area contributed by atoms with Crippen molar-refractivity contribution in [2.45, 2.75) is 33.4 Å². The Labute approximate surface area is 133 Å². The number of aryl methyl sites for hydroxylation is 2. The first-order chi connectivity index (χ1) is 10.7. The van der Waals surface area contributed by atoms with E-state index in [2.05, 4.69) is 58.9 Å². The monoisotopic (exact) mass is 301 g/mol. The van der Waals surface area contributed by atoms with Gasteiger partial charge >= 0.3 is 0 Å². The van der Waals surface area contributed by atoms with Crippen LogP contribution in [0.1, 0.15) is 23.2 Å². The van der Waals surface area contributed by atoms with E-state index >= 15 is 0 Å². The van der Waals surface area contributed by atoms with Crippen LogP contribution in [0, 0.1) is 13.8 Å². The molecule has 1 heterocycles. The Morgan fingerprint density at radius 3 is 2.50 bits per heavy atom. The van der Waals surface area contributed by atoms with Crippen molar-refractivity contribution in [2.24, 2.45) is 0 Å². The number of nitrogens with zero attached hydrogens (tertiary/aromatic N) is 3. The van der Waals surface area contributed by atoms with Gasteiger partial charge in [-0.25, -0.2) is 0 Å². The van der Waals surface area contributed by atoms with Gasteiger partial charge in [0.25, 0.3) is 0 Å². The molecule has 0 fully saturated rings. The fourth-order valence-corrected chi connectivity index (χ4v) is 2.52. The van der Waals surface area contributed by atoms with Gasteiger partial charge in [-0.2, -0.15) is 5.10 Å². The van der Waals surface area contributed by atoms with Crippen LogP contribution in [0.5, 0.6) is 0 Å². The molecular formula is C18H27N3O. The molecule has 4 heteroatoms. The Morgan fingerprint density at radius 1 is 1.09 bits per heavy atom. The molecule has 0 aliphatic heterocycles. The molecule has 0 aliphatic rings. The third-order valence-electron chi connectivity index (χ3n) is 3.91. The molecule has 0 saturated carbocycles. The highest BCUT2D eigenvalue weighted by atomic mass is 16.5.